The molecule has 0 fully saturated rings. The SMILES string of the molecule is CCO/C=C/c1c(N)nn(-c2ccc3nn(C)cc3c2)c(=O)c1-c1ccc(OC(F)F)cc1. The summed E-state index contributed by atoms with van der Waals surface area (Å²) in [7, 11) is 1.81. The molecule has 4 rings (SSSR count). The van der Waals surface area contributed by atoms with Crippen molar-refractivity contribution in [2.45, 2.75) is 13.5 Å². The van der Waals surface area contributed by atoms with E-state index in [0.717, 1.165) is 10.9 Å². The van der Waals surface area contributed by atoms with Crippen LogP contribution in [0.4, 0.5) is 14.6 Å². The van der Waals surface area contributed by atoms with Gasteiger partial charge in [0.25, 0.3) is 5.56 Å². The molecule has 0 atom stereocenters. The van der Waals surface area contributed by atoms with Gasteiger partial charge in [0.15, 0.2) is 5.82 Å². The van der Waals surface area contributed by atoms with Gasteiger partial charge in [0.1, 0.15) is 5.75 Å². The van der Waals surface area contributed by atoms with E-state index < -0.39 is 12.2 Å². The van der Waals surface area contributed by atoms with Crippen molar-refractivity contribution in [2.75, 3.05) is 12.3 Å². The first kappa shape index (κ1) is 22.0. The Kier molecular flexibility index (Phi) is 6.07. The Bertz CT molecular complexity index is 1380. The highest BCUT2D eigenvalue weighted by atomic mass is 19.3. The molecular formula is C23H21F2N5O3. The molecule has 0 unspecified atom stereocenters. The minimum atomic E-state index is -2.95. The Balaban J connectivity index is 1.89. The van der Waals surface area contributed by atoms with E-state index in [9.17, 15) is 13.6 Å². The van der Waals surface area contributed by atoms with Crippen LogP contribution in [0, 0.1) is 0 Å². The van der Waals surface area contributed by atoms with Crippen LogP contribution in [-0.4, -0.2) is 32.8 Å². The fourth-order valence-electron chi connectivity index (χ4n) is 3.46. The van der Waals surface area contributed by atoms with E-state index in [1.54, 1.807) is 36.0 Å². The molecule has 0 amide bonds. The van der Waals surface area contributed by atoms with Gasteiger partial charge in [-0.25, -0.2) is 0 Å². The number of benzene rings is 2. The molecule has 0 saturated carbocycles. The van der Waals surface area contributed by atoms with Crippen LogP contribution in [0.25, 0.3) is 33.8 Å². The standard InChI is InChI=1S/C23H21F2N5O3/c1-3-32-11-10-18-20(14-4-7-17(8-5-14)33-23(24)25)22(31)30(28-21(18)26)16-6-9-19-15(12-16)13-29(2)27-19/h4-13,23H,3H2,1-2H3,(H2,26,28)/b11-10+. The third-order valence-corrected chi connectivity index (χ3v) is 4.87. The molecule has 2 aromatic heterocycles. The van der Waals surface area contributed by atoms with Gasteiger partial charge in [-0.1, -0.05) is 12.1 Å². The van der Waals surface area contributed by atoms with Crippen LogP contribution in [0.2, 0.25) is 0 Å². The molecule has 0 radical (unpaired) electrons. The van der Waals surface area contributed by atoms with E-state index in [0.29, 0.717) is 23.4 Å². The van der Waals surface area contributed by atoms with Gasteiger partial charge in [0.05, 0.1) is 29.6 Å². The molecule has 2 N–H and O–H groups in total. The number of anilines is 1. The van der Waals surface area contributed by atoms with Crippen LogP contribution < -0.4 is 16.0 Å². The van der Waals surface area contributed by atoms with Gasteiger partial charge in [0, 0.05) is 24.2 Å². The summed E-state index contributed by atoms with van der Waals surface area (Å²) in [6.07, 6.45) is 4.81. The average Bonchev–Trinajstić information content (AvgIpc) is 3.15. The Labute approximate surface area is 187 Å². The number of hydrogen-bond donors (Lipinski definition) is 1. The monoisotopic (exact) mass is 453 g/mol. The van der Waals surface area contributed by atoms with E-state index in [2.05, 4.69) is 14.9 Å². The van der Waals surface area contributed by atoms with Crippen LogP contribution in [0.15, 0.2) is 59.7 Å². The molecule has 2 aromatic carbocycles. The second kappa shape index (κ2) is 9.11. The fraction of sp³-hybridized carbons (Fsp3) is 0.174. The third-order valence-electron chi connectivity index (χ3n) is 4.87. The van der Waals surface area contributed by atoms with Gasteiger partial charge in [-0.05, 0) is 48.9 Å². The largest absolute Gasteiger partial charge is 0.501 e. The summed E-state index contributed by atoms with van der Waals surface area (Å²) in [5.74, 6) is 0.0734. The molecule has 8 nitrogen and oxygen atoms in total. The number of hydrogen-bond acceptors (Lipinski definition) is 6. The summed E-state index contributed by atoms with van der Waals surface area (Å²) in [6, 6.07) is 11.0. The molecule has 0 bridgehead atoms. The molecular weight excluding hydrogens is 432 g/mol. The minimum Gasteiger partial charge on any atom is -0.501 e. The highest BCUT2D eigenvalue weighted by molar-refractivity contribution is 5.82. The highest BCUT2D eigenvalue weighted by Crippen LogP contribution is 2.28. The lowest BCUT2D eigenvalue weighted by Gasteiger charge is -2.13. The normalized spacial score (nSPS) is 11.5. The summed E-state index contributed by atoms with van der Waals surface area (Å²) in [5, 5.41) is 9.47. The summed E-state index contributed by atoms with van der Waals surface area (Å²) in [4.78, 5) is 13.6. The number of halogens is 2. The Hall–Kier alpha value is -4.21. The third kappa shape index (κ3) is 4.54. The number of rotatable bonds is 7. The number of aryl methyl sites for hydroxylation is 1. The Morgan fingerprint density at radius 1 is 1.15 bits per heavy atom. The maximum atomic E-state index is 13.6. The van der Waals surface area contributed by atoms with Crippen LogP contribution >= 0.6 is 0 Å². The van der Waals surface area contributed by atoms with E-state index >= 15 is 0 Å². The second-order valence-electron chi connectivity index (χ2n) is 7.10. The van der Waals surface area contributed by atoms with Crippen molar-refractivity contribution in [1.29, 1.82) is 0 Å². The predicted molar refractivity (Wildman–Crippen MR) is 121 cm³/mol. The first-order chi connectivity index (χ1) is 15.9. The van der Waals surface area contributed by atoms with Crippen LogP contribution in [0.3, 0.4) is 0 Å². The van der Waals surface area contributed by atoms with Crippen LogP contribution in [-0.2, 0) is 11.8 Å². The molecule has 33 heavy (non-hydrogen) atoms. The number of ether oxygens (including phenoxy) is 2. The van der Waals surface area contributed by atoms with Crippen molar-refractivity contribution in [3.05, 3.63) is 70.8 Å². The van der Waals surface area contributed by atoms with Crippen molar-refractivity contribution in [3.8, 4) is 22.6 Å². The van der Waals surface area contributed by atoms with Gasteiger partial charge >= 0.3 is 6.61 Å². The van der Waals surface area contributed by atoms with Crippen molar-refractivity contribution in [3.63, 3.8) is 0 Å². The summed E-state index contributed by atoms with van der Waals surface area (Å²) in [5.41, 5.74) is 8.14. The minimum absolute atomic E-state index is 0.0236. The van der Waals surface area contributed by atoms with E-state index in [4.69, 9.17) is 10.5 Å². The highest BCUT2D eigenvalue weighted by Gasteiger charge is 2.18. The second-order valence-corrected chi connectivity index (χ2v) is 7.10. The molecule has 0 aliphatic rings. The zero-order chi connectivity index (χ0) is 23.5. The lowest BCUT2D eigenvalue weighted by atomic mass is 10.0. The van der Waals surface area contributed by atoms with E-state index in [1.165, 1.54) is 35.2 Å². The lowest BCUT2D eigenvalue weighted by Crippen LogP contribution is -2.25. The number of fused-ring (bicyclic) bond motifs is 1. The lowest BCUT2D eigenvalue weighted by molar-refractivity contribution is -0.0498. The molecule has 0 aliphatic carbocycles. The average molecular weight is 453 g/mol. The number of nitrogen functional groups attached to an aromatic ring is 1. The van der Waals surface area contributed by atoms with Crippen molar-refractivity contribution >= 4 is 22.8 Å². The van der Waals surface area contributed by atoms with Crippen molar-refractivity contribution in [2.24, 2.45) is 7.05 Å². The topological polar surface area (TPSA) is 97.2 Å². The fourth-order valence-corrected chi connectivity index (χ4v) is 3.46. The first-order valence-corrected chi connectivity index (χ1v) is 10.1. The molecule has 0 saturated heterocycles. The van der Waals surface area contributed by atoms with E-state index in [1.807, 2.05) is 13.1 Å². The summed E-state index contributed by atoms with van der Waals surface area (Å²) in [6.45, 7) is -0.695. The van der Waals surface area contributed by atoms with Crippen LogP contribution in [0.5, 0.6) is 5.75 Å². The number of nitrogens with zero attached hydrogens (tertiary/aromatic N) is 4. The van der Waals surface area contributed by atoms with Crippen LogP contribution in [0.1, 0.15) is 12.5 Å². The number of aromatic nitrogens is 4. The van der Waals surface area contributed by atoms with Gasteiger partial charge in [-0.15, -0.1) is 5.10 Å². The van der Waals surface area contributed by atoms with Gasteiger partial charge in [-0.2, -0.15) is 18.6 Å². The maximum absolute atomic E-state index is 13.6. The maximum Gasteiger partial charge on any atom is 0.387 e. The van der Waals surface area contributed by atoms with Gasteiger partial charge in [-0.3, -0.25) is 9.48 Å². The van der Waals surface area contributed by atoms with Crippen molar-refractivity contribution in [1.82, 2.24) is 19.6 Å². The molecule has 0 aliphatic heterocycles. The Morgan fingerprint density at radius 3 is 2.61 bits per heavy atom. The van der Waals surface area contributed by atoms with Crippen molar-refractivity contribution < 1.29 is 18.3 Å². The van der Waals surface area contributed by atoms with Gasteiger partial charge in [0.2, 0.25) is 0 Å². The molecule has 10 heteroatoms. The number of alkyl halides is 2. The van der Waals surface area contributed by atoms with Gasteiger partial charge < -0.3 is 15.2 Å². The predicted octanol–water partition coefficient (Wildman–Crippen LogP) is 3.98. The molecule has 170 valence electrons. The smallest absolute Gasteiger partial charge is 0.387 e. The Morgan fingerprint density at radius 2 is 1.91 bits per heavy atom. The van der Waals surface area contributed by atoms with E-state index in [-0.39, 0.29) is 17.1 Å². The summed E-state index contributed by atoms with van der Waals surface area (Å²) >= 11 is 0. The molecule has 4 aromatic rings. The summed E-state index contributed by atoms with van der Waals surface area (Å²) < 4.78 is 37.6. The zero-order valence-corrected chi connectivity index (χ0v) is 17.9. The molecule has 2 heterocycles. The number of nitrogens with two attached hydrogens (primary N) is 1. The zero-order valence-electron chi connectivity index (χ0n) is 17.9. The molecule has 0 spiro atoms. The first-order valence-electron chi connectivity index (χ1n) is 10.1. The quantitative estimate of drug-likeness (QED) is 0.425.